The smallest absolute Gasteiger partial charge is 0.120 e. The lowest BCUT2D eigenvalue weighted by molar-refractivity contribution is -0.108. The van der Waals surface area contributed by atoms with Crippen LogP contribution in [-0.2, 0) is 4.79 Å². The quantitative estimate of drug-likeness (QED) is 0.576. The minimum Gasteiger partial charge on any atom is -0.393 e. The molecule has 0 aromatic carbocycles. The van der Waals surface area contributed by atoms with Crippen LogP contribution in [0.3, 0.4) is 0 Å². The van der Waals surface area contributed by atoms with Gasteiger partial charge in [-0.15, -0.1) is 0 Å². The molecule has 0 spiro atoms. The summed E-state index contributed by atoms with van der Waals surface area (Å²) in [6.07, 6.45) is 1.90. The van der Waals surface area contributed by atoms with Crippen LogP contribution in [0.4, 0.5) is 0 Å². The van der Waals surface area contributed by atoms with Crippen LogP contribution < -0.4 is 0 Å². The van der Waals surface area contributed by atoms with Crippen LogP contribution in [0, 0.1) is 5.92 Å². The number of hydrogen-bond donors (Lipinski definition) is 1. The minimum atomic E-state index is -0.278. The lowest BCUT2D eigenvalue weighted by Gasteiger charge is -2.08. The average Bonchev–Trinajstić information content (AvgIpc) is 1.63. The van der Waals surface area contributed by atoms with Crippen molar-refractivity contribution >= 4 is 6.29 Å². The van der Waals surface area contributed by atoms with Crippen LogP contribution >= 0.6 is 0 Å². The molecule has 1 N–H and O–H groups in total. The molecule has 0 aromatic heterocycles. The maximum absolute atomic E-state index is 9.92. The van der Waals surface area contributed by atoms with Crippen molar-refractivity contribution < 1.29 is 9.90 Å². The Kier molecular flexibility index (Phi) is 4.32. The Morgan fingerprint density at radius 2 is 2.11 bits per heavy atom. The van der Waals surface area contributed by atoms with Crippen LogP contribution in [0.1, 0.15) is 26.7 Å². The SMILES string of the molecule is CC(O)CC(C)CC=O. The van der Waals surface area contributed by atoms with Crippen molar-refractivity contribution in [2.24, 2.45) is 5.92 Å². The molecule has 0 amide bonds. The summed E-state index contributed by atoms with van der Waals surface area (Å²) in [6.45, 7) is 3.70. The second-order valence-corrected chi connectivity index (χ2v) is 2.59. The van der Waals surface area contributed by atoms with E-state index in [2.05, 4.69) is 0 Å². The fourth-order valence-electron chi connectivity index (χ4n) is 0.843. The maximum Gasteiger partial charge on any atom is 0.120 e. The van der Waals surface area contributed by atoms with E-state index in [0.717, 1.165) is 12.7 Å². The first-order chi connectivity index (χ1) is 4.16. The molecule has 0 aliphatic carbocycles. The van der Waals surface area contributed by atoms with E-state index in [9.17, 15) is 4.79 Å². The van der Waals surface area contributed by atoms with E-state index in [4.69, 9.17) is 5.11 Å². The number of carbonyl (C=O) groups excluding carboxylic acids is 1. The van der Waals surface area contributed by atoms with Gasteiger partial charge in [0, 0.05) is 6.42 Å². The highest BCUT2D eigenvalue weighted by atomic mass is 16.3. The molecule has 0 aromatic rings. The van der Waals surface area contributed by atoms with Gasteiger partial charge in [-0.25, -0.2) is 0 Å². The first-order valence-electron chi connectivity index (χ1n) is 3.28. The second kappa shape index (κ2) is 4.50. The molecule has 0 saturated heterocycles. The number of rotatable bonds is 4. The van der Waals surface area contributed by atoms with Gasteiger partial charge in [-0.05, 0) is 19.3 Å². The van der Waals surface area contributed by atoms with Crippen molar-refractivity contribution in [3.63, 3.8) is 0 Å². The summed E-state index contributed by atoms with van der Waals surface area (Å²) in [5, 5.41) is 8.83. The highest BCUT2D eigenvalue weighted by molar-refractivity contribution is 5.49. The van der Waals surface area contributed by atoms with Gasteiger partial charge in [0.1, 0.15) is 6.29 Å². The highest BCUT2D eigenvalue weighted by Crippen LogP contribution is 2.07. The van der Waals surface area contributed by atoms with Gasteiger partial charge < -0.3 is 9.90 Å². The molecule has 2 heteroatoms. The van der Waals surface area contributed by atoms with Crippen LogP contribution in [0.15, 0.2) is 0 Å². The number of aliphatic hydroxyl groups is 1. The third-order valence-corrected chi connectivity index (χ3v) is 1.24. The molecule has 0 saturated carbocycles. The molecule has 0 aliphatic heterocycles. The Morgan fingerprint density at radius 1 is 1.56 bits per heavy atom. The molecule has 0 heterocycles. The Morgan fingerprint density at radius 3 is 2.44 bits per heavy atom. The van der Waals surface area contributed by atoms with Gasteiger partial charge in [0.05, 0.1) is 6.10 Å². The number of aldehydes is 1. The fourth-order valence-corrected chi connectivity index (χ4v) is 0.843. The molecule has 2 atom stereocenters. The van der Waals surface area contributed by atoms with Crippen LogP contribution in [0.25, 0.3) is 0 Å². The number of aliphatic hydroxyl groups excluding tert-OH is 1. The Labute approximate surface area is 55.9 Å². The Balaban J connectivity index is 3.25. The van der Waals surface area contributed by atoms with E-state index in [1.807, 2.05) is 6.92 Å². The van der Waals surface area contributed by atoms with E-state index in [-0.39, 0.29) is 6.10 Å². The molecule has 2 unspecified atom stereocenters. The number of hydrogen-bond acceptors (Lipinski definition) is 2. The summed E-state index contributed by atoms with van der Waals surface area (Å²) < 4.78 is 0. The van der Waals surface area contributed by atoms with Crippen molar-refractivity contribution in [2.75, 3.05) is 0 Å². The average molecular weight is 130 g/mol. The van der Waals surface area contributed by atoms with Crippen molar-refractivity contribution in [1.82, 2.24) is 0 Å². The number of carbonyl (C=O) groups is 1. The van der Waals surface area contributed by atoms with Crippen LogP contribution in [0.5, 0.6) is 0 Å². The van der Waals surface area contributed by atoms with Crippen molar-refractivity contribution in [1.29, 1.82) is 0 Å². The monoisotopic (exact) mass is 130 g/mol. The van der Waals surface area contributed by atoms with Gasteiger partial charge in [-0.3, -0.25) is 0 Å². The topological polar surface area (TPSA) is 37.3 Å². The summed E-state index contributed by atoms with van der Waals surface area (Å²) >= 11 is 0. The van der Waals surface area contributed by atoms with Crippen LogP contribution in [0.2, 0.25) is 0 Å². The second-order valence-electron chi connectivity index (χ2n) is 2.59. The van der Waals surface area contributed by atoms with E-state index in [0.29, 0.717) is 12.3 Å². The highest BCUT2D eigenvalue weighted by Gasteiger charge is 2.03. The molecule has 0 rings (SSSR count). The zero-order chi connectivity index (χ0) is 7.28. The van der Waals surface area contributed by atoms with Gasteiger partial charge in [0.2, 0.25) is 0 Å². The summed E-state index contributed by atoms with van der Waals surface area (Å²) in [4.78, 5) is 9.92. The molecular weight excluding hydrogens is 116 g/mol. The van der Waals surface area contributed by atoms with E-state index < -0.39 is 0 Å². The summed E-state index contributed by atoms with van der Waals surface area (Å²) in [7, 11) is 0. The summed E-state index contributed by atoms with van der Waals surface area (Å²) in [6, 6.07) is 0. The van der Waals surface area contributed by atoms with Gasteiger partial charge in [-0.1, -0.05) is 6.92 Å². The largest absolute Gasteiger partial charge is 0.393 e. The Hall–Kier alpha value is -0.370. The van der Waals surface area contributed by atoms with Crippen molar-refractivity contribution in [2.45, 2.75) is 32.8 Å². The molecule has 0 aliphatic rings. The maximum atomic E-state index is 9.92. The first kappa shape index (κ1) is 8.63. The molecule has 0 bridgehead atoms. The first-order valence-corrected chi connectivity index (χ1v) is 3.28. The predicted molar refractivity (Wildman–Crippen MR) is 36.1 cm³/mol. The summed E-state index contributed by atoms with van der Waals surface area (Å²) in [5.41, 5.74) is 0. The van der Waals surface area contributed by atoms with E-state index >= 15 is 0 Å². The van der Waals surface area contributed by atoms with Crippen molar-refractivity contribution in [3.8, 4) is 0 Å². The zero-order valence-electron chi connectivity index (χ0n) is 6.00. The standard InChI is InChI=1S/C7H14O2/c1-6(3-4-8)5-7(2)9/h4,6-7,9H,3,5H2,1-2H3. The van der Waals surface area contributed by atoms with Crippen molar-refractivity contribution in [3.05, 3.63) is 0 Å². The third-order valence-electron chi connectivity index (χ3n) is 1.24. The fraction of sp³-hybridized carbons (Fsp3) is 0.857. The van der Waals surface area contributed by atoms with Gasteiger partial charge >= 0.3 is 0 Å². The predicted octanol–water partition coefficient (Wildman–Crippen LogP) is 0.982. The molecule has 9 heavy (non-hydrogen) atoms. The lowest BCUT2D eigenvalue weighted by Crippen LogP contribution is -2.07. The van der Waals surface area contributed by atoms with Crippen LogP contribution in [-0.4, -0.2) is 17.5 Å². The Bertz CT molecular complexity index is 79.0. The molecule has 2 nitrogen and oxygen atoms in total. The van der Waals surface area contributed by atoms with E-state index in [1.54, 1.807) is 6.92 Å². The van der Waals surface area contributed by atoms with Gasteiger partial charge in [0.25, 0.3) is 0 Å². The molecule has 54 valence electrons. The van der Waals surface area contributed by atoms with Gasteiger partial charge in [0.15, 0.2) is 0 Å². The molecule has 0 fully saturated rings. The minimum absolute atomic E-state index is 0.278. The molecule has 0 radical (unpaired) electrons. The van der Waals surface area contributed by atoms with Gasteiger partial charge in [-0.2, -0.15) is 0 Å². The lowest BCUT2D eigenvalue weighted by atomic mass is 10.0. The zero-order valence-corrected chi connectivity index (χ0v) is 6.00. The summed E-state index contributed by atoms with van der Waals surface area (Å²) in [5.74, 6) is 0.322. The van der Waals surface area contributed by atoms with E-state index in [1.165, 1.54) is 0 Å². The third kappa shape index (κ3) is 5.50. The molecular formula is C7H14O2. The normalized spacial score (nSPS) is 16.8.